The standard InChI is InChI=1S/C14H16N2O2/c1-3-14(17,11-7-5-4-6-8-11)12-13(18-2)16-10-9-15-12/h4-10,17H,3H2,1-2H3. The van der Waals surface area contributed by atoms with E-state index in [1.165, 1.54) is 7.11 Å². The van der Waals surface area contributed by atoms with Crippen molar-refractivity contribution in [1.29, 1.82) is 0 Å². The second-order valence-corrected chi connectivity index (χ2v) is 3.99. The maximum Gasteiger partial charge on any atom is 0.238 e. The van der Waals surface area contributed by atoms with Crippen LogP contribution in [0.5, 0.6) is 5.88 Å². The Morgan fingerprint density at radius 2 is 1.83 bits per heavy atom. The maximum absolute atomic E-state index is 10.9. The summed E-state index contributed by atoms with van der Waals surface area (Å²) in [5.74, 6) is 0.353. The molecule has 0 amide bonds. The molecule has 0 spiro atoms. The van der Waals surface area contributed by atoms with Crippen molar-refractivity contribution in [3.63, 3.8) is 0 Å². The zero-order chi connectivity index (χ0) is 13.0. The zero-order valence-electron chi connectivity index (χ0n) is 10.5. The average Bonchev–Trinajstić information content (AvgIpc) is 2.47. The Bertz CT molecular complexity index is 516. The van der Waals surface area contributed by atoms with Crippen LogP contribution in [0.1, 0.15) is 24.6 Å². The molecule has 1 N–H and O–H groups in total. The summed E-state index contributed by atoms with van der Waals surface area (Å²) in [7, 11) is 1.52. The number of ether oxygens (including phenoxy) is 1. The number of methoxy groups -OCH3 is 1. The third kappa shape index (κ3) is 2.07. The number of benzene rings is 1. The lowest BCUT2D eigenvalue weighted by atomic mass is 9.88. The molecule has 2 aromatic rings. The Morgan fingerprint density at radius 1 is 1.17 bits per heavy atom. The van der Waals surface area contributed by atoms with Crippen molar-refractivity contribution in [3.8, 4) is 5.88 Å². The monoisotopic (exact) mass is 244 g/mol. The number of rotatable bonds is 4. The number of nitrogens with zero attached hydrogens (tertiary/aromatic N) is 2. The van der Waals surface area contributed by atoms with E-state index in [0.29, 0.717) is 18.0 Å². The van der Waals surface area contributed by atoms with E-state index in [9.17, 15) is 5.11 Å². The maximum atomic E-state index is 10.9. The van der Waals surface area contributed by atoms with E-state index in [1.54, 1.807) is 12.4 Å². The molecule has 4 nitrogen and oxygen atoms in total. The zero-order valence-corrected chi connectivity index (χ0v) is 10.5. The van der Waals surface area contributed by atoms with Gasteiger partial charge in [-0.25, -0.2) is 4.98 Å². The second-order valence-electron chi connectivity index (χ2n) is 3.99. The number of hydrogen-bond donors (Lipinski definition) is 1. The molecular formula is C14H16N2O2. The van der Waals surface area contributed by atoms with Gasteiger partial charge in [-0.15, -0.1) is 0 Å². The largest absolute Gasteiger partial charge is 0.480 e. The van der Waals surface area contributed by atoms with E-state index in [0.717, 1.165) is 5.56 Å². The van der Waals surface area contributed by atoms with Crippen LogP contribution in [0, 0.1) is 0 Å². The lowest BCUT2D eigenvalue weighted by Crippen LogP contribution is -2.28. The Balaban J connectivity index is 2.57. The predicted molar refractivity (Wildman–Crippen MR) is 68.3 cm³/mol. The van der Waals surface area contributed by atoms with Gasteiger partial charge in [0.25, 0.3) is 0 Å². The highest BCUT2D eigenvalue weighted by Gasteiger charge is 2.34. The molecule has 0 bridgehead atoms. The summed E-state index contributed by atoms with van der Waals surface area (Å²) in [6.07, 6.45) is 3.59. The lowest BCUT2D eigenvalue weighted by molar-refractivity contribution is 0.0680. The van der Waals surface area contributed by atoms with Gasteiger partial charge in [0.15, 0.2) is 0 Å². The van der Waals surface area contributed by atoms with Gasteiger partial charge in [-0.05, 0) is 12.0 Å². The first-order valence-electron chi connectivity index (χ1n) is 5.85. The van der Waals surface area contributed by atoms with Gasteiger partial charge in [0.2, 0.25) is 5.88 Å². The predicted octanol–water partition coefficient (Wildman–Crippen LogP) is 2.13. The molecule has 1 atom stereocenters. The Labute approximate surface area is 106 Å². The smallest absolute Gasteiger partial charge is 0.238 e. The van der Waals surface area contributed by atoms with Crippen LogP contribution in [-0.2, 0) is 5.60 Å². The molecule has 0 aliphatic rings. The van der Waals surface area contributed by atoms with E-state index in [1.807, 2.05) is 37.3 Å². The van der Waals surface area contributed by atoms with E-state index < -0.39 is 5.60 Å². The van der Waals surface area contributed by atoms with Gasteiger partial charge < -0.3 is 9.84 Å². The molecule has 0 aliphatic heterocycles. The van der Waals surface area contributed by atoms with E-state index >= 15 is 0 Å². The van der Waals surface area contributed by atoms with Crippen LogP contribution in [0.25, 0.3) is 0 Å². The first kappa shape index (κ1) is 12.5. The van der Waals surface area contributed by atoms with Crippen molar-refractivity contribution in [2.75, 3.05) is 7.11 Å². The third-order valence-corrected chi connectivity index (χ3v) is 3.01. The van der Waals surface area contributed by atoms with Crippen LogP contribution in [0.4, 0.5) is 0 Å². The summed E-state index contributed by atoms with van der Waals surface area (Å²) in [5, 5.41) is 10.9. The van der Waals surface area contributed by atoms with Gasteiger partial charge in [-0.1, -0.05) is 37.3 Å². The molecule has 0 aliphatic carbocycles. The lowest BCUT2D eigenvalue weighted by Gasteiger charge is -2.27. The van der Waals surface area contributed by atoms with Crippen LogP contribution in [0.15, 0.2) is 42.7 Å². The normalized spacial score (nSPS) is 13.9. The summed E-state index contributed by atoms with van der Waals surface area (Å²) in [6.45, 7) is 1.90. The third-order valence-electron chi connectivity index (χ3n) is 3.01. The summed E-state index contributed by atoms with van der Waals surface area (Å²) < 4.78 is 5.18. The molecule has 1 aromatic heterocycles. The number of aliphatic hydroxyl groups is 1. The molecule has 0 saturated heterocycles. The highest BCUT2D eigenvalue weighted by Crippen LogP contribution is 2.35. The Morgan fingerprint density at radius 3 is 2.44 bits per heavy atom. The first-order chi connectivity index (χ1) is 8.72. The van der Waals surface area contributed by atoms with Gasteiger partial charge in [0.05, 0.1) is 7.11 Å². The van der Waals surface area contributed by atoms with Crippen molar-refractivity contribution < 1.29 is 9.84 Å². The molecule has 0 radical (unpaired) electrons. The molecular weight excluding hydrogens is 228 g/mol. The van der Waals surface area contributed by atoms with Gasteiger partial charge in [0.1, 0.15) is 11.3 Å². The highest BCUT2D eigenvalue weighted by atomic mass is 16.5. The van der Waals surface area contributed by atoms with Gasteiger partial charge in [0, 0.05) is 12.4 Å². The minimum absolute atomic E-state index is 0.353. The number of aromatic nitrogens is 2. The quantitative estimate of drug-likeness (QED) is 0.895. The number of hydrogen-bond acceptors (Lipinski definition) is 4. The average molecular weight is 244 g/mol. The van der Waals surface area contributed by atoms with E-state index in [4.69, 9.17) is 4.74 Å². The minimum atomic E-state index is -1.18. The molecule has 2 rings (SSSR count). The summed E-state index contributed by atoms with van der Waals surface area (Å²) in [6, 6.07) is 9.43. The fraction of sp³-hybridized carbons (Fsp3) is 0.286. The fourth-order valence-corrected chi connectivity index (χ4v) is 1.98. The minimum Gasteiger partial charge on any atom is -0.480 e. The second kappa shape index (κ2) is 5.14. The van der Waals surface area contributed by atoms with Crippen LogP contribution in [0.3, 0.4) is 0 Å². The Hall–Kier alpha value is -1.94. The van der Waals surface area contributed by atoms with Crippen molar-refractivity contribution in [2.45, 2.75) is 18.9 Å². The summed E-state index contributed by atoms with van der Waals surface area (Å²) >= 11 is 0. The van der Waals surface area contributed by atoms with Gasteiger partial charge >= 0.3 is 0 Å². The summed E-state index contributed by atoms with van der Waals surface area (Å²) in [4.78, 5) is 8.32. The van der Waals surface area contributed by atoms with E-state index in [-0.39, 0.29) is 0 Å². The van der Waals surface area contributed by atoms with Crippen LogP contribution < -0.4 is 4.74 Å². The van der Waals surface area contributed by atoms with E-state index in [2.05, 4.69) is 9.97 Å². The molecule has 1 heterocycles. The van der Waals surface area contributed by atoms with Crippen molar-refractivity contribution in [1.82, 2.24) is 9.97 Å². The fourth-order valence-electron chi connectivity index (χ4n) is 1.98. The van der Waals surface area contributed by atoms with Crippen LogP contribution in [-0.4, -0.2) is 22.2 Å². The molecule has 1 aromatic carbocycles. The Kier molecular flexibility index (Phi) is 3.58. The molecule has 94 valence electrons. The molecule has 0 fully saturated rings. The van der Waals surface area contributed by atoms with Crippen molar-refractivity contribution >= 4 is 0 Å². The van der Waals surface area contributed by atoms with Gasteiger partial charge in [-0.2, -0.15) is 0 Å². The molecule has 1 unspecified atom stereocenters. The molecule has 0 saturated carbocycles. The topological polar surface area (TPSA) is 55.2 Å². The first-order valence-corrected chi connectivity index (χ1v) is 5.85. The molecule has 4 heteroatoms. The van der Waals surface area contributed by atoms with Crippen LogP contribution >= 0.6 is 0 Å². The van der Waals surface area contributed by atoms with Crippen LogP contribution in [0.2, 0.25) is 0 Å². The van der Waals surface area contributed by atoms with Crippen molar-refractivity contribution in [3.05, 3.63) is 54.0 Å². The summed E-state index contributed by atoms with van der Waals surface area (Å²) in [5.41, 5.74) is 0.0495. The van der Waals surface area contributed by atoms with Crippen molar-refractivity contribution in [2.24, 2.45) is 0 Å². The van der Waals surface area contributed by atoms with Gasteiger partial charge in [-0.3, -0.25) is 4.98 Å². The SMILES string of the molecule is CCC(O)(c1ccccc1)c1nccnc1OC. The molecule has 18 heavy (non-hydrogen) atoms. The highest BCUT2D eigenvalue weighted by molar-refractivity contribution is 5.36.